The monoisotopic (exact) mass is 326 g/mol. The summed E-state index contributed by atoms with van der Waals surface area (Å²) in [5.74, 6) is -0.392. The fourth-order valence-electron chi connectivity index (χ4n) is 2.43. The molecule has 3 aromatic rings. The van der Waals surface area contributed by atoms with E-state index in [1.807, 2.05) is 27.0 Å². The van der Waals surface area contributed by atoms with E-state index in [2.05, 4.69) is 25.8 Å². The Balaban J connectivity index is 1.66. The molecule has 124 valence electrons. The number of amides is 1. The van der Waals surface area contributed by atoms with E-state index in [4.69, 9.17) is 4.84 Å². The molecular formula is C16H18N6O2. The second-order valence-electron chi connectivity index (χ2n) is 5.42. The van der Waals surface area contributed by atoms with Crippen LogP contribution in [0.1, 0.15) is 27.4 Å². The summed E-state index contributed by atoms with van der Waals surface area (Å²) in [5.41, 5.74) is 7.02. The van der Waals surface area contributed by atoms with Crippen LogP contribution in [0.15, 0.2) is 30.6 Å². The lowest BCUT2D eigenvalue weighted by Crippen LogP contribution is -2.23. The Morgan fingerprint density at radius 2 is 2.25 bits per heavy atom. The van der Waals surface area contributed by atoms with Gasteiger partial charge in [0.05, 0.1) is 11.4 Å². The van der Waals surface area contributed by atoms with Gasteiger partial charge in [-0.1, -0.05) is 6.07 Å². The molecule has 0 saturated heterocycles. The van der Waals surface area contributed by atoms with Gasteiger partial charge in [0.2, 0.25) is 0 Å². The first kappa shape index (κ1) is 15.9. The number of carbonyl (C=O) groups excluding carboxylic acids is 1. The third-order valence-corrected chi connectivity index (χ3v) is 3.71. The van der Waals surface area contributed by atoms with Crippen LogP contribution in [0, 0.1) is 13.8 Å². The summed E-state index contributed by atoms with van der Waals surface area (Å²) >= 11 is 0. The normalized spacial score (nSPS) is 10.8. The maximum atomic E-state index is 12.1. The molecule has 0 unspecified atom stereocenters. The number of rotatable bonds is 5. The first-order chi connectivity index (χ1) is 11.6. The summed E-state index contributed by atoms with van der Waals surface area (Å²) in [7, 11) is 1.87. The molecule has 24 heavy (non-hydrogen) atoms. The van der Waals surface area contributed by atoms with Gasteiger partial charge in [0.1, 0.15) is 12.3 Å². The lowest BCUT2D eigenvalue weighted by molar-refractivity contribution is 0.0228. The van der Waals surface area contributed by atoms with Crippen molar-refractivity contribution in [2.24, 2.45) is 7.05 Å². The highest BCUT2D eigenvalue weighted by Gasteiger charge is 2.17. The Labute approximate surface area is 138 Å². The lowest BCUT2D eigenvalue weighted by Gasteiger charge is -2.03. The van der Waals surface area contributed by atoms with Crippen LogP contribution in [0.2, 0.25) is 0 Å². The summed E-state index contributed by atoms with van der Waals surface area (Å²) in [5, 5.41) is 11.3. The first-order valence-corrected chi connectivity index (χ1v) is 7.43. The second-order valence-corrected chi connectivity index (χ2v) is 5.42. The van der Waals surface area contributed by atoms with Crippen LogP contribution < -0.4 is 5.48 Å². The average Bonchev–Trinajstić information content (AvgIpc) is 3.14. The summed E-state index contributed by atoms with van der Waals surface area (Å²) in [6.45, 7) is 4.11. The highest BCUT2D eigenvalue weighted by Crippen LogP contribution is 2.25. The Bertz CT molecular complexity index is 853. The number of aryl methyl sites for hydroxylation is 2. The van der Waals surface area contributed by atoms with Crippen LogP contribution in [0.3, 0.4) is 0 Å². The molecule has 0 aromatic carbocycles. The predicted octanol–water partition coefficient (Wildman–Crippen LogP) is 1.68. The van der Waals surface area contributed by atoms with E-state index in [9.17, 15) is 4.79 Å². The molecule has 0 aliphatic rings. The van der Waals surface area contributed by atoms with Crippen molar-refractivity contribution in [1.82, 2.24) is 30.4 Å². The van der Waals surface area contributed by atoms with Crippen LogP contribution in [0.25, 0.3) is 11.3 Å². The smallest absolute Gasteiger partial charge is 0.272 e. The Morgan fingerprint density at radius 3 is 2.92 bits per heavy atom. The molecule has 0 atom stereocenters. The number of hydrogen-bond acceptors (Lipinski definition) is 5. The van der Waals surface area contributed by atoms with Crippen molar-refractivity contribution >= 4 is 5.91 Å². The van der Waals surface area contributed by atoms with Crippen molar-refractivity contribution in [3.8, 4) is 11.3 Å². The fourth-order valence-corrected chi connectivity index (χ4v) is 2.43. The van der Waals surface area contributed by atoms with Gasteiger partial charge in [-0.25, -0.2) is 5.48 Å². The minimum Gasteiger partial charge on any atom is -0.272 e. The van der Waals surface area contributed by atoms with Crippen molar-refractivity contribution < 1.29 is 9.63 Å². The molecule has 0 aliphatic heterocycles. The topological polar surface area (TPSA) is 97.7 Å². The number of aromatic nitrogens is 5. The van der Waals surface area contributed by atoms with Gasteiger partial charge in [-0.15, -0.1) is 0 Å². The van der Waals surface area contributed by atoms with E-state index in [0.29, 0.717) is 11.4 Å². The van der Waals surface area contributed by atoms with E-state index in [1.54, 1.807) is 29.2 Å². The maximum Gasteiger partial charge on any atom is 0.292 e. The number of aromatic amines is 1. The molecule has 3 rings (SSSR count). The molecular weight excluding hydrogens is 308 g/mol. The number of nitrogens with zero attached hydrogens (tertiary/aromatic N) is 4. The third-order valence-electron chi connectivity index (χ3n) is 3.71. The largest absolute Gasteiger partial charge is 0.292 e. The highest BCUT2D eigenvalue weighted by atomic mass is 16.6. The molecule has 1 amide bonds. The maximum absolute atomic E-state index is 12.1. The average molecular weight is 326 g/mol. The molecule has 0 saturated carbocycles. The van der Waals surface area contributed by atoms with E-state index in [1.165, 1.54) is 0 Å². The Kier molecular flexibility index (Phi) is 4.39. The molecule has 2 N–H and O–H groups in total. The van der Waals surface area contributed by atoms with Gasteiger partial charge in [0.25, 0.3) is 5.91 Å². The molecule has 8 heteroatoms. The standard InChI is InChI=1S/C16H18N6O2/c1-10-15(11(2)22(3)20-10)13-7-14(19-18-13)16(23)21-24-9-12-5-4-6-17-8-12/h4-8H,9H2,1-3H3,(H,18,19)(H,21,23). The molecule has 8 nitrogen and oxygen atoms in total. The van der Waals surface area contributed by atoms with Gasteiger partial charge >= 0.3 is 0 Å². The number of pyridine rings is 1. The van der Waals surface area contributed by atoms with E-state index in [-0.39, 0.29) is 6.61 Å². The molecule has 0 aliphatic carbocycles. The van der Waals surface area contributed by atoms with Gasteiger partial charge in [-0.05, 0) is 31.5 Å². The van der Waals surface area contributed by atoms with E-state index in [0.717, 1.165) is 22.5 Å². The number of H-pyrrole nitrogens is 1. The lowest BCUT2D eigenvalue weighted by atomic mass is 10.1. The van der Waals surface area contributed by atoms with Gasteiger partial charge in [0.15, 0.2) is 0 Å². The zero-order valence-corrected chi connectivity index (χ0v) is 13.7. The molecule has 3 aromatic heterocycles. The minimum atomic E-state index is -0.392. The quantitative estimate of drug-likeness (QED) is 0.695. The predicted molar refractivity (Wildman–Crippen MR) is 86.8 cm³/mol. The minimum absolute atomic E-state index is 0.237. The Morgan fingerprint density at radius 1 is 1.42 bits per heavy atom. The summed E-state index contributed by atoms with van der Waals surface area (Å²) in [4.78, 5) is 21.3. The molecule has 0 radical (unpaired) electrons. The highest BCUT2D eigenvalue weighted by molar-refractivity contribution is 5.92. The molecule has 0 spiro atoms. The van der Waals surface area contributed by atoms with Crippen molar-refractivity contribution in [2.45, 2.75) is 20.5 Å². The van der Waals surface area contributed by atoms with Gasteiger partial charge in [-0.2, -0.15) is 10.2 Å². The van der Waals surface area contributed by atoms with Crippen molar-refractivity contribution in [1.29, 1.82) is 0 Å². The first-order valence-electron chi connectivity index (χ1n) is 7.43. The van der Waals surface area contributed by atoms with Crippen molar-refractivity contribution in [3.05, 3.63) is 53.2 Å². The number of hydrogen-bond donors (Lipinski definition) is 2. The van der Waals surface area contributed by atoms with Crippen molar-refractivity contribution in [3.63, 3.8) is 0 Å². The second kappa shape index (κ2) is 6.63. The fraction of sp³-hybridized carbons (Fsp3) is 0.250. The summed E-state index contributed by atoms with van der Waals surface area (Å²) in [6.07, 6.45) is 3.35. The van der Waals surface area contributed by atoms with Gasteiger partial charge in [0, 0.05) is 30.7 Å². The van der Waals surface area contributed by atoms with Crippen LogP contribution >= 0.6 is 0 Å². The molecule has 3 heterocycles. The third kappa shape index (κ3) is 3.18. The Hall–Kier alpha value is -3.00. The van der Waals surface area contributed by atoms with Crippen LogP contribution in [-0.4, -0.2) is 30.9 Å². The number of carbonyl (C=O) groups is 1. The van der Waals surface area contributed by atoms with Crippen LogP contribution in [0.5, 0.6) is 0 Å². The molecule has 0 fully saturated rings. The van der Waals surface area contributed by atoms with Gasteiger partial charge in [-0.3, -0.25) is 24.4 Å². The van der Waals surface area contributed by atoms with E-state index >= 15 is 0 Å². The van der Waals surface area contributed by atoms with E-state index < -0.39 is 5.91 Å². The summed E-state index contributed by atoms with van der Waals surface area (Å²) < 4.78 is 1.79. The zero-order valence-electron chi connectivity index (χ0n) is 13.7. The van der Waals surface area contributed by atoms with Crippen molar-refractivity contribution in [2.75, 3.05) is 0 Å². The summed E-state index contributed by atoms with van der Waals surface area (Å²) in [6, 6.07) is 5.35. The van der Waals surface area contributed by atoms with Gasteiger partial charge < -0.3 is 0 Å². The SMILES string of the molecule is Cc1nn(C)c(C)c1-c1cc(C(=O)NOCc2cccnc2)[nH]n1. The molecule has 0 bridgehead atoms. The number of hydroxylamine groups is 1. The number of nitrogens with one attached hydrogen (secondary N) is 2. The van der Waals surface area contributed by atoms with Crippen LogP contribution in [0.4, 0.5) is 0 Å². The zero-order chi connectivity index (χ0) is 17.1. The van der Waals surface area contributed by atoms with Crippen LogP contribution in [-0.2, 0) is 18.5 Å².